The minimum Gasteiger partial charge on any atom is -0.502 e. The monoisotopic (exact) mass is 273 g/mol. The van der Waals surface area contributed by atoms with Crippen molar-refractivity contribution in [3.63, 3.8) is 0 Å². The molecular weight excluding hydrogens is 266 g/mol. The van der Waals surface area contributed by atoms with Crippen LogP contribution in [0, 0.1) is 10.1 Å². The molecule has 1 atom stereocenters. The topological polar surface area (TPSA) is 80.4 Å². The van der Waals surface area contributed by atoms with E-state index in [2.05, 4.69) is 15.9 Å². The Morgan fingerprint density at radius 3 is 2.67 bits per heavy atom. The molecule has 0 saturated heterocycles. The summed E-state index contributed by atoms with van der Waals surface area (Å²) in [6.45, 7) is 1.33. The van der Waals surface area contributed by atoms with Crippen molar-refractivity contribution in [3.05, 3.63) is 33.9 Å². The van der Waals surface area contributed by atoms with E-state index in [1.165, 1.54) is 25.1 Å². The zero-order chi connectivity index (χ0) is 11.6. The van der Waals surface area contributed by atoms with Gasteiger partial charge >= 0.3 is 5.69 Å². The number of aromatic hydroxyl groups is 1. The van der Waals surface area contributed by atoms with Crippen LogP contribution in [0.3, 0.4) is 0 Å². The Hall–Kier alpha value is -1.43. The molecule has 15 heavy (non-hydrogen) atoms. The predicted octanol–water partition coefficient (Wildman–Crippen LogP) is 2.33. The van der Waals surface area contributed by atoms with Gasteiger partial charge in [0.2, 0.25) is 0 Å². The van der Waals surface area contributed by atoms with Crippen LogP contribution in [0.4, 0.5) is 5.69 Å². The molecule has 0 aliphatic rings. The van der Waals surface area contributed by atoms with Crippen molar-refractivity contribution in [1.29, 1.82) is 0 Å². The third-order valence-electron chi connectivity index (χ3n) is 1.87. The SMILES string of the molecule is CC(=O)C(Br)c1cccc([N+](=O)[O-])c1O. The van der Waals surface area contributed by atoms with Gasteiger partial charge < -0.3 is 5.11 Å². The van der Waals surface area contributed by atoms with Crippen molar-refractivity contribution >= 4 is 27.4 Å². The Balaban J connectivity index is 3.26. The number of rotatable bonds is 3. The number of nitrogens with zero attached hydrogens (tertiary/aromatic N) is 1. The summed E-state index contributed by atoms with van der Waals surface area (Å²) in [5.41, 5.74) is -0.199. The van der Waals surface area contributed by atoms with E-state index in [1.807, 2.05) is 0 Å². The fourth-order valence-corrected chi connectivity index (χ4v) is 1.49. The number of hydrogen-bond donors (Lipinski definition) is 1. The van der Waals surface area contributed by atoms with Crippen molar-refractivity contribution in [2.45, 2.75) is 11.8 Å². The van der Waals surface area contributed by atoms with Gasteiger partial charge in [-0.15, -0.1) is 0 Å². The predicted molar refractivity (Wildman–Crippen MR) is 57.1 cm³/mol. The van der Waals surface area contributed by atoms with Crippen molar-refractivity contribution in [3.8, 4) is 5.75 Å². The lowest BCUT2D eigenvalue weighted by Crippen LogP contribution is -2.02. The molecule has 0 bridgehead atoms. The largest absolute Gasteiger partial charge is 0.502 e. The van der Waals surface area contributed by atoms with E-state index in [0.29, 0.717) is 0 Å². The average Bonchev–Trinajstić information content (AvgIpc) is 2.16. The Kier molecular flexibility index (Phi) is 3.41. The Labute approximate surface area is 94.0 Å². The van der Waals surface area contributed by atoms with Crippen molar-refractivity contribution in [2.75, 3.05) is 0 Å². The quantitative estimate of drug-likeness (QED) is 0.521. The summed E-state index contributed by atoms with van der Waals surface area (Å²) < 4.78 is 0. The number of carbonyl (C=O) groups excluding carboxylic acids is 1. The van der Waals surface area contributed by atoms with Gasteiger partial charge in [0.05, 0.1) is 4.92 Å². The molecule has 0 amide bonds. The summed E-state index contributed by atoms with van der Waals surface area (Å²) >= 11 is 3.05. The number of nitro benzene ring substituents is 1. The molecule has 1 unspecified atom stereocenters. The van der Waals surface area contributed by atoms with Crippen LogP contribution in [-0.2, 0) is 4.79 Å². The van der Waals surface area contributed by atoms with Crippen LogP contribution in [0.5, 0.6) is 5.75 Å². The number of halogens is 1. The highest BCUT2D eigenvalue weighted by atomic mass is 79.9. The van der Waals surface area contributed by atoms with E-state index in [4.69, 9.17) is 0 Å². The van der Waals surface area contributed by atoms with Crippen molar-refractivity contribution in [2.24, 2.45) is 0 Å². The molecule has 80 valence electrons. The number of nitro groups is 1. The van der Waals surface area contributed by atoms with Gasteiger partial charge in [-0.3, -0.25) is 14.9 Å². The van der Waals surface area contributed by atoms with Crippen LogP contribution in [0.15, 0.2) is 18.2 Å². The van der Waals surface area contributed by atoms with Gasteiger partial charge in [-0.1, -0.05) is 28.1 Å². The lowest BCUT2D eigenvalue weighted by Gasteiger charge is -2.08. The van der Waals surface area contributed by atoms with Gasteiger partial charge in [-0.25, -0.2) is 0 Å². The smallest absolute Gasteiger partial charge is 0.311 e. The first-order valence-corrected chi connectivity index (χ1v) is 4.97. The second kappa shape index (κ2) is 4.39. The highest BCUT2D eigenvalue weighted by Crippen LogP contribution is 2.37. The van der Waals surface area contributed by atoms with Gasteiger partial charge in [0.25, 0.3) is 0 Å². The number of Topliss-reactive ketones (excluding diaryl/α,β-unsaturated/α-hetero) is 1. The molecule has 5 nitrogen and oxygen atoms in total. The minimum atomic E-state index is -0.725. The van der Waals surface area contributed by atoms with Crippen LogP contribution >= 0.6 is 15.9 Å². The first-order chi connectivity index (χ1) is 6.95. The Morgan fingerprint density at radius 2 is 2.20 bits per heavy atom. The molecule has 0 spiro atoms. The number of benzene rings is 1. The minimum absolute atomic E-state index is 0.205. The van der Waals surface area contributed by atoms with E-state index in [1.54, 1.807) is 0 Å². The molecule has 1 N–H and O–H groups in total. The van der Waals surface area contributed by atoms with Gasteiger partial charge in [0, 0.05) is 11.6 Å². The molecule has 1 rings (SSSR count). The Bertz CT molecular complexity index is 419. The molecule has 0 aliphatic heterocycles. The summed E-state index contributed by atoms with van der Waals surface area (Å²) in [4.78, 5) is 20.1. The molecule has 0 radical (unpaired) electrons. The van der Waals surface area contributed by atoms with Gasteiger partial charge in [0.1, 0.15) is 10.6 Å². The second-order valence-corrected chi connectivity index (χ2v) is 3.86. The number of carbonyl (C=O) groups is 1. The zero-order valence-electron chi connectivity index (χ0n) is 7.81. The van der Waals surface area contributed by atoms with E-state index >= 15 is 0 Å². The fourth-order valence-electron chi connectivity index (χ4n) is 1.12. The molecule has 1 aromatic carbocycles. The first kappa shape index (κ1) is 11.6. The molecule has 6 heteroatoms. The average molecular weight is 274 g/mol. The van der Waals surface area contributed by atoms with Crippen LogP contribution in [0.2, 0.25) is 0 Å². The number of ketones is 1. The molecule has 0 fully saturated rings. The van der Waals surface area contributed by atoms with E-state index in [9.17, 15) is 20.0 Å². The maximum absolute atomic E-state index is 11.0. The molecule has 0 heterocycles. The van der Waals surface area contributed by atoms with Crippen molar-refractivity contribution < 1.29 is 14.8 Å². The normalized spacial score (nSPS) is 12.1. The third kappa shape index (κ3) is 2.33. The van der Waals surface area contributed by atoms with Crippen molar-refractivity contribution in [1.82, 2.24) is 0 Å². The summed E-state index contributed by atoms with van der Waals surface area (Å²) in [6.07, 6.45) is 0. The molecular formula is C9H8BrNO4. The van der Waals surface area contributed by atoms with Crippen LogP contribution in [-0.4, -0.2) is 15.8 Å². The highest BCUT2D eigenvalue weighted by Gasteiger charge is 2.23. The van der Waals surface area contributed by atoms with E-state index in [0.717, 1.165) is 0 Å². The fraction of sp³-hybridized carbons (Fsp3) is 0.222. The van der Waals surface area contributed by atoms with Crippen LogP contribution in [0.1, 0.15) is 17.3 Å². The molecule has 0 aliphatic carbocycles. The number of phenols is 1. The summed E-state index contributed by atoms with van der Waals surface area (Å²) in [7, 11) is 0. The summed E-state index contributed by atoms with van der Waals surface area (Å²) in [5, 5.41) is 20.1. The number of phenolic OH excluding ortho intramolecular Hbond substituents is 1. The maximum Gasteiger partial charge on any atom is 0.311 e. The third-order valence-corrected chi connectivity index (χ3v) is 3.01. The number of alkyl halides is 1. The standard InChI is InChI=1S/C9H8BrNO4/c1-5(12)8(10)6-3-2-4-7(9(6)13)11(14)15/h2-4,8,13H,1H3. The number of para-hydroxylation sites is 1. The number of hydrogen-bond acceptors (Lipinski definition) is 4. The molecule has 0 aromatic heterocycles. The van der Waals surface area contributed by atoms with Gasteiger partial charge in [0.15, 0.2) is 5.75 Å². The molecule has 1 aromatic rings. The second-order valence-electron chi connectivity index (χ2n) is 2.95. The van der Waals surface area contributed by atoms with Crippen LogP contribution in [0.25, 0.3) is 0 Å². The lowest BCUT2D eigenvalue weighted by atomic mass is 10.1. The molecule has 0 saturated carbocycles. The first-order valence-electron chi connectivity index (χ1n) is 4.06. The zero-order valence-corrected chi connectivity index (χ0v) is 9.39. The van der Waals surface area contributed by atoms with E-state index in [-0.39, 0.29) is 11.3 Å². The van der Waals surface area contributed by atoms with Gasteiger partial charge in [-0.2, -0.15) is 0 Å². The summed E-state index contributed by atoms with van der Waals surface area (Å²) in [6, 6.07) is 4.06. The highest BCUT2D eigenvalue weighted by molar-refractivity contribution is 9.09. The van der Waals surface area contributed by atoms with E-state index < -0.39 is 21.2 Å². The lowest BCUT2D eigenvalue weighted by molar-refractivity contribution is -0.385. The Morgan fingerprint density at radius 1 is 1.60 bits per heavy atom. The maximum atomic E-state index is 11.0. The summed E-state index contributed by atoms with van der Waals surface area (Å²) in [5.74, 6) is -0.703. The van der Waals surface area contributed by atoms with Gasteiger partial charge in [-0.05, 0) is 6.92 Å². The van der Waals surface area contributed by atoms with Crippen LogP contribution < -0.4 is 0 Å².